The van der Waals surface area contributed by atoms with Gasteiger partial charge in [-0.2, -0.15) is 13.2 Å². The monoisotopic (exact) mass is 472 g/mol. The Balaban J connectivity index is 1.63. The quantitative estimate of drug-likeness (QED) is 0.351. The molecule has 0 radical (unpaired) electrons. The lowest BCUT2D eigenvalue weighted by atomic mass is 9.96. The summed E-state index contributed by atoms with van der Waals surface area (Å²) < 4.78 is 53.0. The first-order chi connectivity index (χ1) is 16.1. The molecular weight excluding hydrogens is 444 g/mol. The highest BCUT2D eigenvalue weighted by Crippen LogP contribution is 2.30. The van der Waals surface area contributed by atoms with Crippen LogP contribution in [-0.4, -0.2) is 18.5 Å². The van der Waals surface area contributed by atoms with Crippen LogP contribution in [0.1, 0.15) is 37.8 Å². The van der Waals surface area contributed by atoms with E-state index in [4.69, 9.17) is 0 Å². The first kappa shape index (κ1) is 25.3. The van der Waals surface area contributed by atoms with Gasteiger partial charge in [0.1, 0.15) is 5.82 Å². The number of hydrogen-bond donors (Lipinski definition) is 2. The lowest BCUT2D eigenvalue weighted by Crippen LogP contribution is -2.41. The number of hydrogen-bond acceptors (Lipinski definition) is 2. The molecule has 0 saturated carbocycles. The molecule has 0 aliphatic carbocycles. The van der Waals surface area contributed by atoms with Gasteiger partial charge in [0.2, 0.25) is 5.91 Å². The van der Waals surface area contributed by atoms with Crippen molar-refractivity contribution in [2.75, 3.05) is 11.9 Å². The Morgan fingerprint density at radius 2 is 1.56 bits per heavy atom. The lowest BCUT2D eigenvalue weighted by molar-refractivity contribution is -0.137. The SMILES string of the molecule is CC(C(=O)NC[C@H](Nc1ccc(C(F)(F)F)cc1)C(C)C)c1ccc(-c2ccccc2)c(F)c1. The number of carbonyl (C=O) groups excluding carboxylic acids is 1. The van der Waals surface area contributed by atoms with E-state index in [2.05, 4.69) is 10.6 Å². The molecule has 0 fully saturated rings. The van der Waals surface area contributed by atoms with Gasteiger partial charge in [0.05, 0.1) is 11.5 Å². The van der Waals surface area contributed by atoms with E-state index in [9.17, 15) is 22.4 Å². The van der Waals surface area contributed by atoms with E-state index < -0.39 is 23.5 Å². The molecule has 1 unspecified atom stereocenters. The molecule has 180 valence electrons. The minimum absolute atomic E-state index is 0.0977. The molecule has 3 aromatic rings. The van der Waals surface area contributed by atoms with E-state index in [-0.39, 0.29) is 24.4 Å². The average Bonchev–Trinajstić information content (AvgIpc) is 2.81. The van der Waals surface area contributed by atoms with E-state index >= 15 is 0 Å². The molecule has 0 aromatic heterocycles. The summed E-state index contributed by atoms with van der Waals surface area (Å²) in [5, 5.41) is 6.06. The molecule has 0 saturated heterocycles. The summed E-state index contributed by atoms with van der Waals surface area (Å²) in [7, 11) is 0. The van der Waals surface area contributed by atoms with Crippen molar-refractivity contribution in [2.24, 2.45) is 5.92 Å². The fourth-order valence-corrected chi connectivity index (χ4v) is 3.59. The van der Waals surface area contributed by atoms with Crippen LogP contribution in [0, 0.1) is 11.7 Å². The molecule has 2 N–H and O–H groups in total. The third kappa shape index (κ3) is 6.37. The van der Waals surface area contributed by atoms with Gasteiger partial charge in [-0.15, -0.1) is 0 Å². The fourth-order valence-electron chi connectivity index (χ4n) is 3.59. The predicted molar refractivity (Wildman–Crippen MR) is 127 cm³/mol. The zero-order valence-corrected chi connectivity index (χ0v) is 19.3. The largest absolute Gasteiger partial charge is 0.416 e. The van der Waals surface area contributed by atoms with E-state index in [1.807, 2.05) is 44.2 Å². The smallest absolute Gasteiger partial charge is 0.380 e. The van der Waals surface area contributed by atoms with Gasteiger partial charge >= 0.3 is 6.18 Å². The van der Waals surface area contributed by atoms with E-state index in [1.165, 1.54) is 18.2 Å². The van der Waals surface area contributed by atoms with Crippen LogP contribution in [0.5, 0.6) is 0 Å². The zero-order chi connectivity index (χ0) is 24.9. The van der Waals surface area contributed by atoms with Crippen molar-refractivity contribution < 1.29 is 22.4 Å². The second-order valence-electron chi connectivity index (χ2n) is 8.64. The molecular formula is C27H28F4N2O. The van der Waals surface area contributed by atoms with Crippen molar-refractivity contribution in [2.45, 2.75) is 38.9 Å². The Morgan fingerprint density at radius 1 is 0.912 bits per heavy atom. The predicted octanol–water partition coefficient (Wildman–Crippen LogP) is 6.87. The molecule has 0 bridgehead atoms. The third-order valence-corrected chi connectivity index (χ3v) is 5.84. The second-order valence-corrected chi connectivity index (χ2v) is 8.64. The topological polar surface area (TPSA) is 41.1 Å². The van der Waals surface area contributed by atoms with Gasteiger partial charge in [-0.05, 0) is 54.3 Å². The Morgan fingerprint density at radius 3 is 2.12 bits per heavy atom. The van der Waals surface area contributed by atoms with Crippen LogP contribution in [0.15, 0.2) is 72.8 Å². The van der Waals surface area contributed by atoms with E-state index in [1.54, 1.807) is 19.1 Å². The van der Waals surface area contributed by atoms with Crippen LogP contribution in [0.25, 0.3) is 11.1 Å². The molecule has 1 amide bonds. The maximum atomic E-state index is 14.7. The number of alkyl halides is 3. The number of benzene rings is 3. The van der Waals surface area contributed by atoms with Gasteiger partial charge in [-0.1, -0.05) is 56.3 Å². The van der Waals surface area contributed by atoms with Gasteiger partial charge in [0.15, 0.2) is 0 Å². The number of halogens is 4. The second kappa shape index (κ2) is 10.7. The maximum absolute atomic E-state index is 14.7. The summed E-state index contributed by atoms with van der Waals surface area (Å²) in [4.78, 5) is 12.8. The lowest BCUT2D eigenvalue weighted by Gasteiger charge is -2.25. The van der Waals surface area contributed by atoms with Crippen molar-refractivity contribution in [1.29, 1.82) is 0 Å². The van der Waals surface area contributed by atoms with Gasteiger partial charge in [-0.25, -0.2) is 4.39 Å². The van der Waals surface area contributed by atoms with Crippen LogP contribution < -0.4 is 10.6 Å². The maximum Gasteiger partial charge on any atom is 0.416 e. The third-order valence-electron chi connectivity index (χ3n) is 5.84. The van der Waals surface area contributed by atoms with Crippen LogP contribution >= 0.6 is 0 Å². The molecule has 2 atom stereocenters. The van der Waals surface area contributed by atoms with Gasteiger partial charge < -0.3 is 10.6 Å². The van der Waals surface area contributed by atoms with Crippen LogP contribution in [-0.2, 0) is 11.0 Å². The van der Waals surface area contributed by atoms with Crippen molar-refractivity contribution in [1.82, 2.24) is 5.32 Å². The zero-order valence-electron chi connectivity index (χ0n) is 19.3. The molecule has 3 nitrogen and oxygen atoms in total. The van der Waals surface area contributed by atoms with Crippen molar-refractivity contribution in [3.05, 3.63) is 89.7 Å². The minimum Gasteiger partial charge on any atom is -0.380 e. The number of anilines is 1. The van der Waals surface area contributed by atoms with Crippen molar-refractivity contribution >= 4 is 11.6 Å². The number of carbonyl (C=O) groups is 1. The molecule has 0 aliphatic rings. The molecule has 34 heavy (non-hydrogen) atoms. The van der Waals surface area contributed by atoms with Crippen LogP contribution in [0.3, 0.4) is 0 Å². The molecule has 3 rings (SSSR count). The molecule has 0 heterocycles. The average molecular weight is 473 g/mol. The van der Waals surface area contributed by atoms with E-state index in [0.717, 1.165) is 17.7 Å². The van der Waals surface area contributed by atoms with Crippen LogP contribution in [0.2, 0.25) is 0 Å². The summed E-state index contributed by atoms with van der Waals surface area (Å²) in [6.07, 6.45) is -4.39. The number of nitrogens with one attached hydrogen (secondary N) is 2. The Labute approximate surface area is 197 Å². The summed E-state index contributed by atoms with van der Waals surface area (Å²) in [5.74, 6) is -1.13. The highest BCUT2D eigenvalue weighted by atomic mass is 19.4. The fraction of sp³-hybridized carbons (Fsp3) is 0.296. The normalized spacial score (nSPS) is 13.4. The number of rotatable bonds is 8. The van der Waals surface area contributed by atoms with Gasteiger partial charge in [-0.3, -0.25) is 4.79 Å². The molecule has 3 aromatic carbocycles. The summed E-state index contributed by atoms with van der Waals surface area (Å²) in [6.45, 7) is 5.89. The molecule has 7 heteroatoms. The first-order valence-electron chi connectivity index (χ1n) is 11.1. The Hall–Kier alpha value is -3.35. The Kier molecular flexibility index (Phi) is 7.97. The first-order valence-corrected chi connectivity index (χ1v) is 11.1. The molecule has 0 aliphatic heterocycles. The standard InChI is InChI=1S/C27H28F4N2O/c1-17(2)25(33-22-12-10-21(11-13-22)27(29,30)31)16-32-26(34)18(3)20-9-14-23(24(28)15-20)19-7-5-4-6-8-19/h4-15,17-18,25,33H,16H2,1-3H3,(H,32,34)/t18?,25-/m0/s1. The van der Waals surface area contributed by atoms with Crippen molar-refractivity contribution in [3.63, 3.8) is 0 Å². The summed E-state index contributed by atoms with van der Waals surface area (Å²) >= 11 is 0. The minimum atomic E-state index is -4.39. The van der Waals surface area contributed by atoms with E-state index in [0.29, 0.717) is 16.8 Å². The van der Waals surface area contributed by atoms with Crippen molar-refractivity contribution in [3.8, 4) is 11.1 Å². The Bertz CT molecular complexity index is 1100. The summed E-state index contributed by atoms with van der Waals surface area (Å²) in [6, 6.07) is 18.6. The number of amides is 1. The van der Waals surface area contributed by atoms with Gasteiger partial charge in [0.25, 0.3) is 0 Å². The molecule has 0 spiro atoms. The summed E-state index contributed by atoms with van der Waals surface area (Å²) in [5.41, 5.74) is 1.61. The highest BCUT2D eigenvalue weighted by molar-refractivity contribution is 5.83. The van der Waals surface area contributed by atoms with Gasteiger partial charge in [0, 0.05) is 23.8 Å². The highest BCUT2D eigenvalue weighted by Gasteiger charge is 2.30. The van der Waals surface area contributed by atoms with Crippen LogP contribution in [0.4, 0.5) is 23.2 Å².